The van der Waals surface area contributed by atoms with E-state index in [1.807, 2.05) is 0 Å². The zero-order valence-electron chi connectivity index (χ0n) is 11.9. The molecule has 21 heavy (non-hydrogen) atoms. The molecule has 1 aliphatic rings. The number of hydrogen-bond donors (Lipinski definition) is 2. The van der Waals surface area contributed by atoms with Crippen molar-refractivity contribution < 1.29 is 8.42 Å². The molecule has 1 fully saturated rings. The lowest BCUT2D eigenvalue weighted by atomic mass is 9.89. The fourth-order valence-corrected chi connectivity index (χ4v) is 4.49. The molecule has 0 atom stereocenters. The minimum absolute atomic E-state index is 0.0400. The lowest BCUT2D eigenvalue weighted by molar-refractivity contribution is 0.336. The molecule has 0 radical (unpaired) electrons. The molecule has 1 aromatic rings. The van der Waals surface area contributed by atoms with Crippen molar-refractivity contribution in [2.24, 2.45) is 11.1 Å². The van der Waals surface area contributed by atoms with Crippen molar-refractivity contribution in [3.05, 3.63) is 28.8 Å². The number of thiocarbonyl (C=S) groups is 1. The first-order valence-electron chi connectivity index (χ1n) is 6.83. The number of sulfonamides is 1. The second-order valence-electron chi connectivity index (χ2n) is 5.85. The van der Waals surface area contributed by atoms with Crippen LogP contribution in [0.25, 0.3) is 0 Å². The summed E-state index contributed by atoms with van der Waals surface area (Å²) in [6, 6.07) is 4.49. The van der Waals surface area contributed by atoms with Crippen LogP contribution >= 0.6 is 23.8 Å². The molecular formula is C14H19ClN2O2S2. The van der Waals surface area contributed by atoms with Crippen molar-refractivity contribution in [3.8, 4) is 0 Å². The zero-order chi connectivity index (χ0) is 15.7. The summed E-state index contributed by atoms with van der Waals surface area (Å²) >= 11 is 10.9. The van der Waals surface area contributed by atoms with Gasteiger partial charge in [-0.05, 0) is 30.4 Å². The van der Waals surface area contributed by atoms with Crippen LogP contribution in [0.2, 0.25) is 5.02 Å². The van der Waals surface area contributed by atoms with Crippen LogP contribution in [0.5, 0.6) is 0 Å². The summed E-state index contributed by atoms with van der Waals surface area (Å²) < 4.78 is 27.4. The third kappa shape index (κ3) is 3.94. The number of hydrogen-bond acceptors (Lipinski definition) is 3. The maximum absolute atomic E-state index is 12.4. The molecule has 7 heteroatoms. The number of benzene rings is 1. The van der Waals surface area contributed by atoms with Gasteiger partial charge in [0, 0.05) is 12.1 Å². The summed E-state index contributed by atoms with van der Waals surface area (Å²) in [6.07, 6.45) is 4.40. The Morgan fingerprint density at radius 3 is 2.57 bits per heavy atom. The molecule has 4 nitrogen and oxygen atoms in total. The summed E-state index contributed by atoms with van der Waals surface area (Å²) in [5, 5.41) is 0.129. The Labute approximate surface area is 136 Å². The molecule has 116 valence electrons. The molecule has 0 spiro atoms. The monoisotopic (exact) mass is 346 g/mol. The largest absolute Gasteiger partial charge is 0.389 e. The fraction of sp³-hybridized carbons (Fsp3) is 0.500. The molecule has 1 aliphatic carbocycles. The van der Waals surface area contributed by atoms with Gasteiger partial charge in [-0.2, -0.15) is 0 Å². The van der Waals surface area contributed by atoms with Crippen LogP contribution in [0, 0.1) is 5.41 Å². The summed E-state index contributed by atoms with van der Waals surface area (Å²) in [6.45, 7) is 2.54. The highest BCUT2D eigenvalue weighted by Gasteiger charge is 2.30. The molecule has 3 N–H and O–H groups in total. The lowest BCUT2D eigenvalue weighted by Crippen LogP contribution is -2.34. The predicted molar refractivity (Wildman–Crippen MR) is 89.1 cm³/mol. The van der Waals surface area contributed by atoms with E-state index in [9.17, 15) is 8.42 Å². The molecule has 0 saturated heterocycles. The van der Waals surface area contributed by atoms with Crippen LogP contribution in [0.4, 0.5) is 0 Å². The topological polar surface area (TPSA) is 72.2 Å². The molecule has 0 unspecified atom stereocenters. The molecule has 0 heterocycles. The van der Waals surface area contributed by atoms with Gasteiger partial charge < -0.3 is 5.73 Å². The average Bonchev–Trinajstić information content (AvgIpc) is 2.84. The smallest absolute Gasteiger partial charge is 0.242 e. The maximum atomic E-state index is 12.4. The van der Waals surface area contributed by atoms with Crippen molar-refractivity contribution in [2.75, 3.05) is 6.54 Å². The third-order valence-corrected chi connectivity index (χ3v) is 6.13. The normalized spacial score (nSPS) is 17.8. The molecule has 1 saturated carbocycles. The number of nitrogens with two attached hydrogens (primary N) is 1. The van der Waals surface area contributed by atoms with Gasteiger partial charge in [-0.1, -0.05) is 49.7 Å². The second kappa shape index (κ2) is 6.20. The van der Waals surface area contributed by atoms with Crippen molar-refractivity contribution in [3.63, 3.8) is 0 Å². The minimum atomic E-state index is -3.63. The first-order chi connectivity index (χ1) is 9.73. The second-order valence-corrected chi connectivity index (χ2v) is 8.43. The van der Waals surface area contributed by atoms with Gasteiger partial charge in [0.05, 0.1) is 5.02 Å². The van der Waals surface area contributed by atoms with Crippen LogP contribution in [-0.2, 0) is 10.0 Å². The van der Waals surface area contributed by atoms with E-state index in [2.05, 4.69) is 11.6 Å². The Kier molecular flexibility index (Phi) is 4.92. The molecule has 0 aliphatic heterocycles. The summed E-state index contributed by atoms with van der Waals surface area (Å²) in [5.41, 5.74) is 6.10. The quantitative estimate of drug-likeness (QED) is 0.804. The van der Waals surface area contributed by atoms with Crippen LogP contribution in [-0.4, -0.2) is 20.0 Å². The van der Waals surface area contributed by atoms with Gasteiger partial charge in [-0.25, -0.2) is 13.1 Å². The van der Waals surface area contributed by atoms with Crippen LogP contribution in [0.3, 0.4) is 0 Å². The van der Waals surface area contributed by atoms with Crippen molar-refractivity contribution in [1.82, 2.24) is 4.72 Å². The van der Waals surface area contributed by atoms with Gasteiger partial charge in [0.1, 0.15) is 9.88 Å². The van der Waals surface area contributed by atoms with E-state index in [0.717, 1.165) is 25.7 Å². The summed E-state index contributed by atoms with van der Waals surface area (Å²) in [7, 11) is -3.63. The molecular weight excluding hydrogens is 328 g/mol. The fourth-order valence-electron chi connectivity index (χ4n) is 2.62. The van der Waals surface area contributed by atoms with Gasteiger partial charge in [0.25, 0.3) is 0 Å². The molecule has 0 amide bonds. The van der Waals surface area contributed by atoms with Crippen LogP contribution in [0.15, 0.2) is 23.1 Å². The van der Waals surface area contributed by atoms with Crippen molar-refractivity contribution >= 4 is 38.8 Å². The van der Waals surface area contributed by atoms with E-state index in [-0.39, 0.29) is 20.3 Å². The Balaban J connectivity index is 2.17. The highest BCUT2D eigenvalue weighted by Crippen LogP contribution is 2.37. The number of halogens is 1. The van der Waals surface area contributed by atoms with E-state index in [1.54, 1.807) is 6.07 Å². The van der Waals surface area contributed by atoms with Gasteiger partial charge >= 0.3 is 0 Å². The molecule has 0 bridgehead atoms. The van der Waals surface area contributed by atoms with E-state index < -0.39 is 10.0 Å². The highest BCUT2D eigenvalue weighted by molar-refractivity contribution is 7.89. The van der Waals surface area contributed by atoms with Crippen molar-refractivity contribution in [1.29, 1.82) is 0 Å². The Hall–Kier alpha value is -0.690. The van der Waals surface area contributed by atoms with E-state index in [0.29, 0.717) is 12.1 Å². The van der Waals surface area contributed by atoms with Gasteiger partial charge in [0.2, 0.25) is 10.0 Å². The van der Waals surface area contributed by atoms with E-state index in [4.69, 9.17) is 29.6 Å². The van der Waals surface area contributed by atoms with Gasteiger partial charge in [0.15, 0.2) is 0 Å². The van der Waals surface area contributed by atoms with E-state index >= 15 is 0 Å². The SMILES string of the molecule is CC1(CNS(=O)(=O)c2ccc(C(N)=S)cc2Cl)CCCC1. The van der Waals surface area contributed by atoms with Crippen LogP contribution < -0.4 is 10.5 Å². The highest BCUT2D eigenvalue weighted by atomic mass is 35.5. The minimum Gasteiger partial charge on any atom is -0.389 e. The molecule has 0 aromatic heterocycles. The maximum Gasteiger partial charge on any atom is 0.242 e. The average molecular weight is 347 g/mol. The predicted octanol–water partition coefficient (Wildman–Crippen LogP) is 2.83. The number of nitrogens with one attached hydrogen (secondary N) is 1. The first-order valence-corrected chi connectivity index (χ1v) is 9.09. The Morgan fingerprint density at radius 2 is 2.05 bits per heavy atom. The first kappa shape index (κ1) is 16.7. The standard InChI is InChI=1S/C14H19ClN2O2S2/c1-14(6-2-3-7-14)9-17-21(18,19)12-5-4-10(13(16)20)8-11(12)15/h4-5,8,17H,2-3,6-7,9H2,1H3,(H2,16,20). The van der Waals surface area contributed by atoms with Crippen molar-refractivity contribution in [2.45, 2.75) is 37.5 Å². The third-order valence-electron chi connectivity index (χ3n) is 4.01. The van der Waals surface area contributed by atoms with Gasteiger partial charge in [-0.3, -0.25) is 0 Å². The summed E-state index contributed by atoms with van der Waals surface area (Å²) in [5.74, 6) is 0. The van der Waals surface area contributed by atoms with E-state index in [1.165, 1.54) is 12.1 Å². The number of rotatable bonds is 5. The van der Waals surface area contributed by atoms with Gasteiger partial charge in [-0.15, -0.1) is 0 Å². The summed E-state index contributed by atoms with van der Waals surface area (Å²) in [4.78, 5) is 0.248. The van der Waals surface area contributed by atoms with Crippen LogP contribution in [0.1, 0.15) is 38.2 Å². The Bertz CT molecular complexity index is 653. The molecule has 1 aromatic carbocycles. The lowest BCUT2D eigenvalue weighted by Gasteiger charge is -2.23. The Morgan fingerprint density at radius 1 is 1.43 bits per heavy atom. The zero-order valence-corrected chi connectivity index (χ0v) is 14.2. The molecule has 2 rings (SSSR count).